The van der Waals surface area contributed by atoms with Gasteiger partial charge < -0.3 is 24.5 Å². The molecule has 0 atom stereocenters. The van der Waals surface area contributed by atoms with Gasteiger partial charge in [0.25, 0.3) is 0 Å². The van der Waals surface area contributed by atoms with Crippen molar-refractivity contribution in [1.29, 1.82) is 0 Å². The normalized spacial score (nSPS) is 18.0. The summed E-state index contributed by atoms with van der Waals surface area (Å²) in [4.78, 5) is 31.0. The van der Waals surface area contributed by atoms with Crippen LogP contribution < -0.4 is 0 Å². The first-order valence-electron chi connectivity index (χ1n) is 15.8. The summed E-state index contributed by atoms with van der Waals surface area (Å²) in [6.07, 6.45) is 15.6. The Morgan fingerprint density at radius 1 is 1.00 bits per heavy atom. The van der Waals surface area contributed by atoms with Crippen LogP contribution in [0.3, 0.4) is 0 Å². The summed E-state index contributed by atoms with van der Waals surface area (Å²) in [5.41, 5.74) is 2.94. The summed E-state index contributed by atoms with van der Waals surface area (Å²) in [6, 6.07) is 8.03. The van der Waals surface area contributed by atoms with E-state index in [4.69, 9.17) is 10.1 Å². The standard InChI is InChI=1S/C34H49N7O2/c1-33(2,3)26-39-20-12-34(13-21-39)11-19-38(27-34)17-4-18-41-22-16-37-31(41)25-40(24-30-35-14-15-36-30)23-29-7-5-28(6-8-29)9-10-32(42)43/h5-10,14-16,22H,4,11-13,17-21,23-27H2,1-3H3,(H,35,36)(H,42,43). The predicted molar refractivity (Wildman–Crippen MR) is 170 cm³/mol. The van der Waals surface area contributed by atoms with E-state index in [0.717, 1.165) is 54.9 Å². The van der Waals surface area contributed by atoms with Crippen LogP contribution in [-0.4, -0.2) is 84.6 Å². The summed E-state index contributed by atoms with van der Waals surface area (Å²) in [7, 11) is 0. The van der Waals surface area contributed by atoms with E-state index in [9.17, 15) is 4.79 Å². The molecule has 5 rings (SSSR count). The van der Waals surface area contributed by atoms with Crippen molar-refractivity contribution in [1.82, 2.24) is 34.2 Å². The van der Waals surface area contributed by atoms with Crippen molar-refractivity contribution in [3.63, 3.8) is 0 Å². The number of aryl methyl sites for hydroxylation is 1. The molecule has 9 heteroatoms. The lowest BCUT2D eigenvalue weighted by Gasteiger charge is -2.41. The lowest BCUT2D eigenvalue weighted by molar-refractivity contribution is -0.131. The second-order valence-electron chi connectivity index (χ2n) is 13.8. The van der Waals surface area contributed by atoms with E-state index < -0.39 is 5.97 Å². The minimum absolute atomic E-state index is 0.377. The van der Waals surface area contributed by atoms with Crippen molar-refractivity contribution in [2.75, 3.05) is 39.3 Å². The van der Waals surface area contributed by atoms with Crippen molar-refractivity contribution in [3.05, 3.63) is 77.9 Å². The third-order valence-electron chi connectivity index (χ3n) is 8.90. The molecule has 0 saturated carbocycles. The van der Waals surface area contributed by atoms with Gasteiger partial charge >= 0.3 is 5.97 Å². The number of imidazole rings is 2. The van der Waals surface area contributed by atoms with Crippen molar-refractivity contribution >= 4 is 12.0 Å². The fraction of sp³-hybridized carbons (Fsp3) is 0.559. The molecule has 0 radical (unpaired) electrons. The zero-order chi connectivity index (χ0) is 30.3. The topological polar surface area (TPSA) is 93.5 Å². The second kappa shape index (κ2) is 14.0. The van der Waals surface area contributed by atoms with Crippen LogP contribution in [-0.2, 0) is 31.0 Å². The van der Waals surface area contributed by atoms with Gasteiger partial charge in [0, 0.05) is 57.0 Å². The zero-order valence-electron chi connectivity index (χ0n) is 26.2. The number of carboxylic acid groups (broad SMARTS) is 1. The molecule has 2 N–H and O–H groups in total. The molecular formula is C34H49N7O2. The van der Waals surface area contributed by atoms with E-state index in [0.29, 0.717) is 23.9 Å². The van der Waals surface area contributed by atoms with Gasteiger partial charge in [0.15, 0.2) is 0 Å². The minimum Gasteiger partial charge on any atom is -0.478 e. The Morgan fingerprint density at radius 2 is 1.74 bits per heavy atom. The Morgan fingerprint density at radius 3 is 2.42 bits per heavy atom. The number of benzene rings is 1. The first kappa shape index (κ1) is 31.2. The highest BCUT2D eigenvalue weighted by atomic mass is 16.4. The molecule has 0 aliphatic carbocycles. The number of H-pyrrole nitrogens is 1. The third-order valence-corrected chi connectivity index (χ3v) is 8.90. The third kappa shape index (κ3) is 9.36. The molecule has 232 valence electrons. The fourth-order valence-electron chi connectivity index (χ4n) is 6.77. The fourth-order valence-corrected chi connectivity index (χ4v) is 6.77. The highest BCUT2D eigenvalue weighted by molar-refractivity contribution is 5.85. The maximum atomic E-state index is 10.8. The molecule has 4 heterocycles. The molecule has 1 spiro atoms. The Bertz CT molecular complexity index is 1320. The summed E-state index contributed by atoms with van der Waals surface area (Å²) in [5.74, 6) is 1.05. The van der Waals surface area contributed by atoms with E-state index in [1.807, 2.05) is 24.5 Å². The Hall–Kier alpha value is -3.27. The molecule has 43 heavy (non-hydrogen) atoms. The SMILES string of the molecule is CC(C)(C)CN1CCC2(CC1)CCN(CCCn1ccnc1CN(Cc1ccc(C=CC(=O)O)cc1)Cc1ncc[nH]1)C2. The molecule has 2 aromatic heterocycles. The van der Waals surface area contributed by atoms with E-state index in [1.54, 1.807) is 12.3 Å². The number of nitrogens with zero attached hydrogens (tertiary/aromatic N) is 6. The lowest BCUT2D eigenvalue weighted by atomic mass is 9.77. The summed E-state index contributed by atoms with van der Waals surface area (Å²) in [6.45, 7) is 17.5. The summed E-state index contributed by atoms with van der Waals surface area (Å²) >= 11 is 0. The molecule has 0 unspecified atom stereocenters. The van der Waals surface area contributed by atoms with Crippen LogP contribution in [0.4, 0.5) is 0 Å². The Labute approximate surface area is 256 Å². The molecule has 1 aromatic carbocycles. The van der Waals surface area contributed by atoms with Crippen molar-refractivity contribution < 1.29 is 9.90 Å². The van der Waals surface area contributed by atoms with E-state index in [1.165, 1.54) is 52.0 Å². The number of likely N-dealkylation sites (tertiary alicyclic amines) is 2. The van der Waals surface area contributed by atoms with E-state index >= 15 is 0 Å². The first-order valence-corrected chi connectivity index (χ1v) is 15.8. The van der Waals surface area contributed by atoms with Gasteiger partial charge in [-0.1, -0.05) is 45.0 Å². The quantitative estimate of drug-likeness (QED) is 0.268. The molecule has 3 aromatic rings. The maximum absolute atomic E-state index is 10.8. The number of aliphatic carboxylic acids is 1. The summed E-state index contributed by atoms with van der Waals surface area (Å²) < 4.78 is 2.31. The van der Waals surface area contributed by atoms with Gasteiger partial charge in [0.05, 0.1) is 13.1 Å². The Kier molecular flexibility index (Phi) is 10.2. The number of hydrogen-bond acceptors (Lipinski definition) is 6. The number of rotatable bonds is 13. The maximum Gasteiger partial charge on any atom is 0.328 e. The van der Waals surface area contributed by atoms with Crippen molar-refractivity contribution in [3.8, 4) is 0 Å². The number of aromatic amines is 1. The second-order valence-corrected chi connectivity index (χ2v) is 13.8. The predicted octanol–water partition coefficient (Wildman–Crippen LogP) is 5.13. The number of hydrogen-bond donors (Lipinski definition) is 2. The van der Waals surface area contributed by atoms with Gasteiger partial charge in [0.1, 0.15) is 11.6 Å². The highest BCUT2D eigenvalue weighted by Gasteiger charge is 2.40. The number of nitrogens with one attached hydrogen (secondary N) is 1. The molecule has 2 saturated heterocycles. The number of piperidine rings is 1. The van der Waals surface area contributed by atoms with Crippen LogP contribution in [0.25, 0.3) is 6.08 Å². The van der Waals surface area contributed by atoms with Gasteiger partial charge in [-0.25, -0.2) is 14.8 Å². The van der Waals surface area contributed by atoms with E-state index in [-0.39, 0.29) is 0 Å². The summed E-state index contributed by atoms with van der Waals surface area (Å²) in [5, 5.41) is 8.90. The van der Waals surface area contributed by atoms with Crippen LogP contribution in [0.5, 0.6) is 0 Å². The molecule has 0 bridgehead atoms. The lowest BCUT2D eigenvalue weighted by Crippen LogP contribution is -2.44. The molecular weight excluding hydrogens is 538 g/mol. The van der Waals surface area contributed by atoms with Gasteiger partial charge in [0.2, 0.25) is 0 Å². The zero-order valence-corrected chi connectivity index (χ0v) is 26.2. The van der Waals surface area contributed by atoms with Gasteiger partial charge in [-0.3, -0.25) is 4.90 Å². The number of carboxylic acids is 1. The van der Waals surface area contributed by atoms with Crippen LogP contribution in [0, 0.1) is 10.8 Å². The average molecular weight is 588 g/mol. The van der Waals surface area contributed by atoms with Crippen LogP contribution in [0.1, 0.15) is 69.2 Å². The number of aromatic nitrogens is 4. The smallest absolute Gasteiger partial charge is 0.328 e. The molecule has 2 aliphatic heterocycles. The highest BCUT2D eigenvalue weighted by Crippen LogP contribution is 2.40. The van der Waals surface area contributed by atoms with E-state index in [2.05, 4.69) is 68.3 Å². The Balaban J connectivity index is 1.13. The van der Waals surface area contributed by atoms with Gasteiger partial charge in [-0.2, -0.15) is 0 Å². The van der Waals surface area contributed by atoms with Crippen molar-refractivity contribution in [2.24, 2.45) is 10.8 Å². The average Bonchev–Trinajstić information content (AvgIpc) is 3.72. The van der Waals surface area contributed by atoms with Gasteiger partial charge in [-0.15, -0.1) is 0 Å². The molecule has 2 fully saturated rings. The monoisotopic (exact) mass is 587 g/mol. The largest absolute Gasteiger partial charge is 0.478 e. The van der Waals surface area contributed by atoms with Crippen LogP contribution >= 0.6 is 0 Å². The molecule has 9 nitrogen and oxygen atoms in total. The minimum atomic E-state index is -0.944. The van der Waals surface area contributed by atoms with Crippen LogP contribution in [0.2, 0.25) is 0 Å². The van der Waals surface area contributed by atoms with Crippen molar-refractivity contribution in [2.45, 2.75) is 72.6 Å². The first-order chi connectivity index (χ1) is 20.6. The molecule has 0 amide bonds. The van der Waals surface area contributed by atoms with Crippen LogP contribution in [0.15, 0.2) is 55.1 Å². The van der Waals surface area contributed by atoms with Gasteiger partial charge in [-0.05, 0) is 79.9 Å². The molecule has 2 aliphatic rings. The number of carbonyl (C=O) groups is 1.